The summed E-state index contributed by atoms with van der Waals surface area (Å²) in [5.41, 5.74) is 6.47. The zero-order valence-electron chi connectivity index (χ0n) is 13.1. The molecule has 1 fully saturated rings. The Bertz CT molecular complexity index is 567. The van der Waals surface area contributed by atoms with Gasteiger partial charge in [0.2, 0.25) is 0 Å². The molecule has 114 valence electrons. The van der Waals surface area contributed by atoms with E-state index in [-0.39, 0.29) is 5.91 Å². The van der Waals surface area contributed by atoms with Crippen LogP contribution in [0.3, 0.4) is 0 Å². The second-order valence-corrected chi connectivity index (χ2v) is 7.02. The van der Waals surface area contributed by atoms with Gasteiger partial charge in [0.15, 0.2) is 0 Å². The monoisotopic (exact) mass is 304 g/mol. The summed E-state index contributed by atoms with van der Waals surface area (Å²) in [4.78, 5) is 16.3. The highest BCUT2D eigenvalue weighted by atomic mass is 32.1. The Labute approximate surface area is 131 Å². The molecule has 1 aliphatic rings. The minimum atomic E-state index is 0.128. The molecule has 1 heterocycles. The van der Waals surface area contributed by atoms with Crippen LogP contribution in [0.1, 0.15) is 52.7 Å². The maximum absolute atomic E-state index is 12.7. The van der Waals surface area contributed by atoms with Gasteiger partial charge in [0.25, 0.3) is 5.91 Å². The topological polar surface area (TPSA) is 46.3 Å². The van der Waals surface area contributed by atoms with Crippen LogP contribution in [-0.2, 0) is 0 Å². The number of nitrogens with two attached hydrogens (primary N) is 1. The molecule has 1 aromatic rings. The fraction of sp³-hybridized carbons (Fsp3) is 0.588. The SMILES string of the molecule is Cc1cc(C(=O)N(C)C2CCCC(C)C2)sc1C#CCN. The van der Waals surface area contributed by atoms with Crippen molar-refractivity contribution in [3.63, 3.8) is 0 Å². The highest BCUT2D eigenvalue weighted by Gasteiger charge is 2.27. The van der Waals surface area contributed by atoms with E-state index in [1.54, 1.807) is 0 Å². The fourth-order valence-electron chi connectivity index (χ4n) is 2.94. The molecule has 2 atom stereocenters. The summed E-state index contributed by atoms with van der Waals surface area (Å²) in [5.74, 6) is 6.75. The third-order valence-electron chi connectivity index (χ3n) is 4.21. The van der Waals surface area contributed by atoms with Crippen LogP contribution in [0.2, 0.25) is 0 Å². The largest absolute Gasteiger partial charge is 0.338 e. The van der Waals surface area contributed by atoms with Crippen LogP contribution in [0, 0.1) is 24.7 Å². The van der Waals surface area contributed by atoms with Gasteiger partial charge in [0, 0.05) is 13.1 Å². The molecule has 2 N–H and O–H groups in total. The Hall–Kier alpha value is -1.31. The molecule has 0 spiro atoms. The minimum absolute atomic E-state index is 0.128. The van der Waals surface area contributed by atoms with Gasteiger partial charge in [-0.2, -0.15) is 0 Å². The van der Waals surface area contributed by atoms with Crippen LogP contribution in [-0.4, -0.2) is 30.4 Å². The second kappa shape index (κ2) is 7.11. The van der Waals surface area contributed by atoms with Crippen LogP contribution >= 0.6 is 11.3 Å². The normalized spacial score (nSPS) is 21.5. The first-order valence-corrected chi connectivity index (χ1v) is 8.41. The van der Waals surface area contributed by atoms with E-state index < -0.39 is 0 Å². The summed E-state index contributed by atoms with van der Waals surface area (Å²) < 4.78 is 0. The first-order chi connectivity index (χ1) is 10.0. The summed E-state index contributed by atoms with van der Waals surface area (Å²) in [6.07, 6.45) is 4.75. The van der Waals surface area contributed by atoms with Crippen molar-refractivity contribution in [3.8, 4) is 11.8 Å². The van der Waals surface area contributed by atoms with Crippen molar-refractivity contribution in [2.75, 3.05) is 13.6 Å². The minimum Gasteiger partial charge on any atom is -0.338 e. The third-order valence-corrected chi connectivity index (χ3v) is 5.35. The van der Waals surface area contributed by atoms with E-state index in [9.17, 15) is 4.79 Å². The van der Waals surface area contributed by atoms with Gasteiger partial charge in [-0.3, -0.25) is 4.79 Å². The summed E-state index contributed by atoms with van der Waals surface area (Å²) in [5, 5.41) is 0. The summed E-state index contributed by atoms with van der Waals surface area (Å²) >= 11 is 1.48. The Kier molecular flexibility index (Phi) is 5.44. The van der Waals surface area contributed by atoms with Crippen LogP contribution in [0.4, 0.5) is 0 Å². The van der Waals surface area contributed by atoms with Crippen molar-refractivity contribution in [3.05, 3.63) is 21.4 Å². The van der Waals surface area contributed by atoms with Gasteiger partial charge >= 0.3 is 0 Å². The van der Waals surface area contributed by atoms with Crippen LogP contribution in [0.5, 0.6) is 0 Å². The molecular formula is C17H24N2OS. The number of hydrogen-bond donors (Lipinski definition) is 1. The first-order valence-electron chi connectivity index (χ1n) is 7.59. The van der Waals surface area contributed by atoms with Crippen molar-refractivity contribution in [2.45, 2.75) is 45.6 Å². The lowest BCUT2D eigenvalue weighted by molar-refractivity contribution is 0.0677. The second-order valence-electron chi connectivity index (χ2n) is 5.97. The van der Waals surface area contributed by atoms with Gasteiger partial charge in [0.1, 0.15) is 0 Å². The lowest BCUT2D eigenvalue weighted by atomic mass is 9.86. The number of amides is 1. The third kappa shape index (κ3) is 3.87. The molecule has 1 aliphatic carbocycles. The van der Waals surface area contributed by atoms with Gasteiger partial charge in [-0.05, 0) is 37.3 Å². The number of carbonyl (C=O) groups is 1. The summed E-state index contributed by atoms with van der Waals surface area (Å²) in [6.45, 7) is 4.62. The zero-order chi connectivity index (χ0) is 15.4. The smallest absolute Gasteiger partial charge is 0.263 e. The van der Waals surface area contributed by atoms with Gasteiger partial charge in [-0.1, -0.05) is 31.6 Å². The van der Waals surface area contributed by atoms with Crippen molar-refractivity contribution in [1.82, 2.24) is 4.90 Å². The number of aryl methyl sites for hydroxylation is 1. The molecule has 0 aliphatic heterocycles. The molecular weight excluding hydrogens is 280 g/mol. The van der Waals surface area contributed by atoms with E-state index >= 15 is 0 Å². The fourth-order valence-corrected chi connectivity index (χ4v) is 3.97. The predicted octanol–water partition coefficient (Wildman–Crippen LogP) is 3.02. The summed E-state index contributed by atoms with van der Waals surface area (Å²) in [6, 6.07) is 2.33. The Morgan fingerprint density at radius 1 is 1.52 bits per heavy atom. The maximum Gasteiger partial charge on any atom is 0.263 e. The standard InChI is InChI=1S/C17H24N2OS/c1-12-6-4-7-14(10-12)19(3)17(20)16-11-13(2)15(21-16)8-5-9-18/h11-12,14H,4,6-7,9-10,18H2,1-3H3. The van der Waals surface area contributed by atoms with Crippen LogP contribution in [0.15, 0.2) is 6.07 Å². The molecule has 21 heavy (non-hydrogen) atoms. The molecule has 0 bridgehead atoms. The van der Waals surface area contributed by atoms with Crippen molar-refractivity contribution in [1.29, 1.82) is 0 Å². The average Bonchev–Trinajstić information content (AvgIpc) is 2.84. The van der Waals surface area contributed by atoms with E-state index in [1.807, 2.05) is 24.9 Å². The number of thiophene rings is 1. The molecule has 1 aromatic heterocycles. The molecule has 0 saturated heterocycles. The quantitative estimate of drug-likeness (QED) is 0.854. The Morgan fingerprint density at radius 2 is 2.29 bits per heavy atom. The molecule has 1 saturated carbocycles. The van der Waals surface area contributed by atoms with E-state index in [4.69, 9.17) is 5.73 Å². The van der Waals surface area contributed by atoms with Gasteiger partial charge in [0.05, 0.1) is 16.3 Å². The van der Waals surface area contributed by atoms with Crippen LogP contribution in [0.25, 0.3) is 0 Å². The lowest BCUT2D eigenvalue weighted by Crippen LogP contribution is -2.39. The predicted molar refractivity (Wildman–Crippen MR) is 88.5 cm³/mol. The zero-order valence-corrected chi connectivity index (χ0v) is 13.9. The number of carbonyl (C=O) groups excluding carboxylic acids is 1. The Morgan fingerprint density at radius 3 is 2.95 bits per heavy atom. The van der Waals surface area contributed by atoms with E-state index in [0.29, 0.717) is 12.6 Å². The van der Waals surface area contributed by atoms with Gasteiger partial charge in [-0.25, -0.2) is 0 Å². The molecule has 1 amide bonds. The van der Waals surface area contributed by atoms with Gasteiger partial charge in [-0.15, -0.1) is 11.3 Å². The maximum atomic E-state index is 12.7. The molecule has 0 radical (unpaired) electrons. The van der Waals surface area contributed by atoms with Crippen molar-refractivity contribution < 1.29 is 4.79 Å². The molecule has 3 nitrogen and oxygen atoms in total. The molecule has 4 heteroatoms. The number of rotatable bonds is 2. The lowest BCUT2D eigenvalue weighted by Gasteiger charge is -2.33. The van der Waals surface area contributed by atoms with E-state index in [0.717, 1.165) is 34.1 Å². The number of hydrogen-bond acceptors (Lipinski definition) is 3. The van der Waals surface area contributed by atoms with Crippen molar-refractivity contribution >= 4 is 17.2 Å². The highest BCUT2D eigenvalue weighted by molar-refractivity contribution is 7.14. The van der Waals surface area contributed by atoms with E-state index in [1.165, 1.54) is 24.2 Å². The summed E-state index contributed by atoms with van der Waals surface area (Å²) in [7, 11) is 1.94. The van der Waals surface area contributed by atoms with Gasteiger partial charge < -0.3 is 10.6 Å². The molecule has 0 aromatic carbocycles. The van der Waals surface area contributed by atoms with Crippen LogP contribution < -0.4 is 5.73 Å². The Balaban J connectivity index is 2.12. The molecule has 2 unspecified atom stereocenters. The first kappa shape index (κ1) is 16.1. The highest BCUT2D eigenvalue weighted by Crippen LogP contribution is 2.29. The molecule has 2 rings (SSSR count). The average molecular weight is 304 g/mol. The van der Waals surface area contributed by atoms with Crippen molar-refractivity contribution in [2.24, 2.45) is 11.7 Å². The number of nitrogens with zero attached hydrogens (tertiary/aromatic N) is 1. The van der Waals surface area contributed by atoms with E-state index in [2.05, 4.69) is 18.8 Å².